The van der Waals surface area contributed by atoms with E-state index >= 15 is 0 Å². The van der Waals surface area contributed by atoms with Crippen LogP contribution in [0.5, 0.6) is 0 Å². The van der Waals surface area contributed by atoms with Gasteiger partial charge >= 0.3 is 5.97 Å². The van der Waals surface area contributed by atoms with Gasteiger partial charge in [-0.05, 0) is 12.8 Å². The molecule has 186 valence electrons. The Morgan fingerprint density at radius 2 is 0.677 bits per heavy atom. The maximum Gasteiger partial charge on any atom is 0.306 e. The zero-order chi connectivity index (χ0) is 22.8. The van der Waals surface area contributed by atoms with Gasteiger partial charge in [0.05, 0.1) is 5.92 Å². The summed E-state index contributed by atoms with van der Waals surface area (Å²) in [6.45, 7) is 4.53. The average molecular weight is 439 g/mol. The molecule has 1 atom stereocenters. The number of hydrogen-bond acceptors (Lipinski definition) is 1. The van der Waals surface area contributed by atoms with Crippen LogP contribution in [0.3, 0.4) is 0 Å². The molecule has 2 heteroatoms. The third-order valence-corrected chi connectivity index (χ3v) is 6.91. The normalized spacial score (nSPS) is 12.3. The second-order valence-corrected chi connectivity index (χ2v) is 10.0. The van der Waals surface area contributed by atoms with Gasteiger partial charge in [-0.25, -0.2) is 0 Å². The summed E-state index contributed by atoms with van der Waals surface area (Å²) in [6, 6.07) is 0. The zero-order valence-electron chi connectivity index (χ0n) is 21.6. The molecular formula is C29H58O2. The summed E-state index contributed by atoms with van der Waals surface area (Å²) < 4.78 is 0. The van der Waals surface area contributed by atoms with Gasteiger partial charge in [-0.1, -0.05) is 162 Å². The first kappa shape index (κ1) is 30.5. The van der Waals surface area contributed by atoms with Crippen LogP contribution in [0.15, 0.2) is 0 Å². The Bertz CT molecular complexity index is 353. The lowest BCUT2D eigenvalue weighted by Gasteiger charge is -2.12. The van der Waals surface area contributed by atoms with Gasteiger partial charge in [-0.2, -0.15) is 0 Å². The summed E-state index contributed by atoms with van der Waals surface area (Å²) in [4.78, 5) is 11.5. The third-order valence-electron chi connectivity index (χ3n) is 6.91. The van der Waals surface area contributed by atoms with E-state index in [9.17, 15) is 9.90 Å². The van der Waals surface area contributed by atoms with Crippen molar-refractivity contribution in [1.82, 2.24) is 0 Å². The van der Waals surface area contributed by atoms with Gasteiger partial charge in [0.1, 0.15) is 0 Å². The van der Waals surface area contributed by atoms with E-state index in [1.54, 1.807) is 0 Å². The van der Waals surface area contributed by atoms with Gasteiger partial charge in [-0.15, -0.1) is 0 Å². The van der Waals surface area contributed by atoms with Crippen molar-refractivity contribution >= 4 is 5.97 Å². The average Bonchev–Trinajstić information content (AvgIpc) is 2.76. The van der Waals surface area contributed by atoms with Crippen molar-refractivity contribution in [2.24, 2.45) is 5.92 Å². The fourth-order valence-corrected chi connectivity index (χ4v) is 4.68. The maximum absolute atomic E-state index is 11.5. The van der Waals surface area contributed by atoms with Crippen LogP contribution in [0.4, 0.5) is 0 Å². The van der Waals surface area contributed by atoms with E-state index in [2.05, 4.69) is 13.8 Å². The fourth-order valence-electron chi connectivity index (χ4n) is 4.68. The van der Waals surface area contributed by atoms with Gasteiger partial charge < -0.3 is 5.11 Å². The molecule has 0 fully saturated rings. The number of carbonyl (C=O) groups is 1. The van der Waals surface area contributed by atoms with Gasteiger partial charge in [0.2, 0.25) is 0 Å². The van der Waals surface area contributed by atoms with Crippen LogP contribution in [0.1, 0.15) is 174 Å². The molecule has 0 amide bonds. The standard InChI is InChI=1S/C29H58O2/c1-3-5-7-9-11-12-13-14-15-16-17-18-19-21-23-25-27-28(29(30)31)26-24-22-20-10-8-6-4-2/h28H,3-27H2,1-2H3,(H,30,31). The quantitative estimate of drug-likeness (QED) is 0.136. The molecule has 0 rings (SSSR count). The lowest BCUT2D eigenvalue weighted by molar-refractivity contribution is -0.142. The van der Waals surface area contributed by atoms with Gasteiger partial charge in [0.25, 0.3) is 0 Å². The molecule has 0 spiro atoms. The number of rotatable bonds is 26. The summed E-state index contributed by atoms with van der Waals surface area (Å²) in [5.41, 5.74) is 0. The molecule has 1 unspecified atom stereocenters. The first-order chi connectivity index (χ1) is 15.2. The Morgan fingerprint density at radius 1 is 0.452 bits per heavy atom. The van der Waals surface area contributed by atoms with Crippen molar-refractivity contribution < 1.29 is 9.90 Å². The molecule has 31 heavy (non-hydrogen) atoms. The Morgan fingerprint density at radius 3 is 0.903 bits per heavy atom. The van der Waals surface area contributed by atoms with E-state index in [-0.39, 0.29) is 5.92 Å². The Kier molecular flexibility index (Phi) is 25.3. The molecule has 0 aromatic carbocycles. The van der Waals surface area contributed by atoms with Crippen molar-refractivity contribution in [3.63, 3.8) is 0 Å². The van der Waals surface area contributed by atoms with Crippen LogP contribution in [0, 0.1) is 5.92 Å². The molecule has 0 aliphatic rings. The van der Waals surface area contributed by atoms with E-state index in [4.69, 9.17) is 0 Å². The number of hydrogen-bond donors (Lipinski definition) is 1. The molecule has 0 saturated carbocycles. The topological polar surface area (TPSA) is 37.3 Å². The molecular weight excluding hydrogens is 380 g/mol. The largest absolute Gasteiger partial charge is 0.481 e. The van der Waals surface area contributed by atoms with Crippen molar-refractivity contribution in [2.45, 2.75) is 174 Å². The second-order valence-electron chi connectivity index (χ2n) is 10.0. The predicted octanol–water partition coefficient (Wildman–Crippen LogP) is 10.5. The summed E-state index contributed by atoms with van der Waals surface area (Å²) in [5.74, 6) is -0.658. The summed E-state index contributed by atoms with van der Waals surface area (Å²) in [5, 5.41) is 9.47. The fraction of sp³-hybridized carbons (Fsp3) is 0.966. The third kappa shape index (κ3) is 24.0. The minimum atomic E-state index is -0.563. The van der Waals surface area contributed by atoms with Gasteiger partial charge in [0, 0.05) is 0 Å². The van der Waals surface area contributed by atoms with Gasteiger partial charge in [0.15, 0.2) is 0 Å². The van der Waals surface area contributed by atoms with E-state index in [0.717, 1.165) is 25.7 Å². The highest BCUT2D eigenvalue weighted by molar-refractivity contribution is 5.69. The Balaban J connectivity index is 3.36. The van der Waals surface area contributed by atoms with E-state index < -0.39 is 5.97 Å². The second kappa shape index (κ2) is 25.7. The highest BCUT2D eigenvalue weighted by Gasteiger charge is 2.16. The first-order valence-corrected chi connectivity index (χ1v) is 14.4. The molecule has 0 aliphatic carbocycles. The highest BCUT2D eigenvalue weighted by Crippen LogP contribution is 2.20. The van der Waals surface area contributed by atoms with Crippen molar-refractivity contribution in [3.8, 4) is 0 Å². The van der Waals surface area contributed by atoms with Crippen LogP contribution in [0.2, 0.25) is 0 Å². The highest BCUT2D eigenvalue weighted by atomic mass is 16.4. The molecule has 0 aliphatic heterocycles. The van der Waals surface area contributed by atoms with Crippen LogP contribution in [0.25, 0.3) is 0 Å². The molecule has 0 saturated heterocycles. The van der Waals surface area contributed by atoms with Crippen molar-refractivity contribution in [2.75, 3.05) is 0 Å². The molecule has 1 N–H and O–H groups in total. The van der Waals surface area contributed by atoms with E-state index in [1.807, 2.05) is 0 Å². The Hall–Kier alpha value is -0.530. The smallest absolute Gasteiger partial charge is 0.306 e. The number of unbranched alkanes of at least 4 members (excludes halogenated alkanes) is 21. The zero-order valence-corrected chi connectivity index (χ0v) is 21.6. The summed E-state index contributed by atoms with van der Waals surface area (Å²) >= 11 is 0. The molecule has 2 nitrogen and oxygen atoms in total. The monoisotopic (exact) mass is 438 g/mol. The molecule has 0 bridgehead atoms. The number of carboxylic acids is 1. The summed E-state index contributed by atoms with van der Waals surface area (Å²) in [6.07, 6.45) is 32.7. The maximum atomic E-state index is 11.5. The lowest BCUT2D eigenvalue weighted by Crippen LogP contribution is -2.13. The van der Waals surface area contributed by atoms with Crippen LogP contribution in [-0.4, -0.2) is 11.1 Å². The van der Waals surface area contributed by atoms with Crippen molar-refractivity contribution in [3.05, 3.63) is 0 Å². The number of aliphatic carboxylic acids is 1. The van der Waals surface area contributed by atoms with Crippen LogP contribution >= 0.6 is 0 Å². The lowest BCUT2D eigenvalue weighted by atomic mass is 9.94. The molecule has 0 aromatic heterocycles. The molecule has 0 radical (unpaired) electrons. The Labute approximate surface area is 196 Å². The minimum Gasteiger partial charge on any atom is -0.481 e. The summed E-state index contributed by atoms with van der Waals surface area (Å²) in [7, 11) is 0. The van der Waals surface area contributed by atoms with E-state index in [0.29, 0.717) is 0 Å². The molecule has 0 heterocycles. The van der Waals surface area contributed by atoms with Crippen LogP contribution < -0.4 is 0 Å². The first-order valence-electron chi connectivity index (χ1n) is 14.4. The van der Waals surface area contributed by atoms with E-state index in [1.165, 1.54) is 135 Å². The molecule has 0 aromatic rings. The minimum absolute atomic E-state index is 0.0951. The predicted molar refractivity (Wildman–Crippen MR) is 138 cm³/mol. The van der Waals surface area contributed by atoms with Crippen LogP contribution in [-0.2, 0) is 4.79 Å². The van der Waals surface area contributed by atoms with Crippen molar-refractivity contribution in [1.29, 1.82) is 0 Å². The number of carboxylic acid groups (broad SMARTS) is 1. The van der Waals surface area contributed by atoms with Gasteiger partial charge in [-0.3, -0.25) is 4.79 Å². The SMILES string of the molecule is CCCCCCCCCCCCCCCCCCC(CCCCCCCCC)C(=O)O.